The predicted octanol–water partition coefficient (Wildman–Crippen LogP) is 2.19. The van der Waals surface area contributed by atoms with Crippen molar-refractivity contribution in [1.29, 1.82) is 0 Å². The quantitative estimate of drug-likeness (QED) is 0.198. The molecule has 0 aromatic heterocycles. The first-order valence-electron chi connectivity index (χ1n) is 13.9. The highest BCUT2D eigenvalue weighted by Gasteiger charge is 2.71. The van der Waals surface area contributed by atoms with Crippen LogP contribution in [0.25, 0.3) is 0 Å². The highest BCUT2D eigenvalue weighted by molar-refractivity contribution is 6.08. The van der Waals surface area contributed by atoms with E-state index in [4.69, 9.17) is 0 Å². The van der Waals surface area contributed by atoms with Gasteiger partial charge in [0.1, 0.15) is 11.5 Å². The Labute approximate surface area is 246 Å². The summed E-state index contributed by atoms with van der Waals surface area (Å²) in [6.45, 7) is 0.431. The molecule has 3 aromatic rings. The molecule has 0 heterocycles. The number of hydrogen-bond acceptors (Lipinski definition) is 8. The molecule has 10 heteroatoms. The minimum absolute atomic E-state index is 0.0766. The molecule has 4 atom stereocenters. The van der Waals surface area contributed by atoms with Gasteiger partial charge in [0.2, 0.25) is 11.8 Å². The first-order valence-corrected chi connectivity index (χ1v) is 13.9. The van der Waals surface area contributed by atoms with E-state index in [-0.39, 0.29) is 41.3 Å². The monoisotopic (exact) mass is 582 g/mol. The summed E-state index contributed by atoms with van der Waals surface area (Å²) < 4.78 is 0. The van der Waals surface area contributed by atoms with Crippen molar-refractivity contribution in [1.82, 2.24) is 10.6 Å². The minimum atomic E-state index is -2.18. The summed E-state index contributed by atoms with van der Waals surface area (Å²) in [7, 11) is 0. The summed E-state index contributed by atoms with van der Waals surface area (Å²) in [5.41, 5.74) is -1.49. The van der Waals surface area contributed by atoms with Crippen LogP contribution >= 0.6 is 0 Å². The second kappa shape index (κ2) is 10.3. The third kappa shape index (κ3) is 4.42. The van der Waals surface area contributed by atoms with Crippen LogP contribution < -0.4 is 10.6 Å². The van der Waals surface area contributed by atoms with Gasteiger partial charge in [0.15, 0.2) is 22.9 Å². The molecule has 10 nitrogen and oxygen atoms in total. The van der Waals surface area contributed by atoms with E-state index in [1.54, 1.807) is 48.5 Å². The number of ketones is 1. The van der Waals surface area contributed by atoms with E-state index in [0.29, 0.717) is 12.8 Å². The summed E-state index contributed by atoms with van der Waals surface area (Å²) in [6.07, 6.45) is 5.10. The number of carbonyl (C=O) groups is 3. The molecule has 0 fully saturated rings. The molecule has 0 aliphatic heterocycles. The fourth-order valence-corrected chi connectivity index (χ4v) is 6.70. The van der Waals surface area contributed by atoms with Gasteiger partial charge in [0, 0.05) is 30.1 Å². The second-order valence-corrected chi connectivity index (χ2v) is 11.2. The lowest BCUT2D eigenvalue weighted by Gasteiger charge is -2.34. The Morgan fingerprint density at radius 3 is 1.95 bits per heavy atom. The molecule has 2 amide bonds. The van der Waals surface area contributed by atoms with E-state index in [0.717, 1.165) is 17.2 Å². The standard InChI is InChI=1S/C33H30N2O8/c36-20-5-1-18(2-6-20)10-13-34-30(41)23-17-32-12-9-27(40)33(32,43)24-16-26(39)25(38)15-22(24)29(32)28(23)31(42)35-14-11-19-3-7-21(37)8-4-19/h1-9,12,15-17,28-29,36-39,43H,10-11,13-14H2,(H,34,41)(H,35,42)/t28-,29-,32+,33+/m1/s1. The third-order valence-corrected chi connectivity index (χ3v) is 8.77. The summed E-state index contributed by atoms with van der Waals surface area (Å²) in [6, 6.07) is 15.5. The van der Waals surface area contributed by atoms with Crippen LogP contribution in [0.5, 0.6) is 23.0 Å². The van der Waals surface area contributed by atoms with Gasteiger partial charge in [-0.15, -0.1) is 0 Å². The Bertz CT molecular complexity index is 1690. The van der Waals surface area contributed by atoms with Crippen LogP contribution in [0.4, 0.5) is 0 Å². The van der Waals surface area contributed by atoms with Gasteiger partial charge in [-0.1, -0.05) is 36.4 Å². The topological polar surface area (TPSA) is 176 Å². The fourth-order valence-electron chi connectivity index (χ4n) is 6.70. The van der Waals surface area contributed by atoms with Crippen molar-refractivity contribution in [3.8, 4) is 23.0 Å². The molecular formula is C33H30N2O8. The van der Waals surface area contributed by atoms with Crippen LogP contribution in [0.3, 0.4) is 0 Å². The number of phenolic OH excluding ortho intramolecular Hbond substituents is 4. The molecule has 0 saturated heterocycles. The van der Waals surface area contributed by atoms with Gasteiger partial charge in [-0.2, -0.15) is 0 Å². The van der Waals surface area contributed by atoms with Gasteiger partial charge in [-0.25, -0.2) is 0 Å². The minimum Gasteiger partial charge on any atom is -0.508 e. The Morgan fingerprint density at radius 2 is 1.35 bits per heavy atom. The number of hydrogen-bond donors (Lipinski definition) is 7. The number of nitrogens with one attached hydrogen (secondary N) is 2. The maximum Gasteiger partial charge on any atom is 0.247 e. The number of aliphatic hydroxyl groups is 1. The Hall–Kier alpha value is -5.09. The maximum absolute atomic E-state index is 13.9. The van der Waals surface area contributed by atoms with E-state index < -0.39 is 51.9 Å². The number of benzene rings is 3. The zero-order chi connectivity index (χ0) is 30.5. The molecule has 6 rings (SSSR count). The zero-order valence-electron chi connectivity index (χ0n) is 22.9. The molecule has 3 aromatic carbocycles. The average molecular weight is 583 g/mol. The van der Waals surface area contributed by atoms with Crippen molar-refractivity contribution in [3.63, 3.8) is 0 Å². The molecule has 0 unspecified atom stereocenters. The normalized spacial score (nSPS) is 24.7. The fraction of sp³-hybridized carbons (Fsp3) is 0.242. The summed E-state index contributed by atoms with van der Waals surface area (Å²) in [5.74, 6) is -4.51. The lowest BCUT2D eigenvalue weighted by Crippen LogP contribution is -2.44. The number of fused-ring (bicyclic) bond motifs is 3. The molecule has 0 radical (unpaired) electrons. The van der Waals surface area contributed by atoms with E-state index in [1.165, 1.54) is 24.3 Å². The molecule has 220 valence electrons. The van der Waals surface area contributed by atoms with Crippen molar-refractivity contribution >= 4 is 17.6 Å². The molecule has 3 aliphatic carbocycles. The van der Waals surface area contributed by atoms with Gasteiger partial charge in [-0.05, 0) is 72.0 Å². The Morgan fingerprint density at radius 1 is 0.791 bits per heavy atom. The molecular weight excluding hydrogens is 552 g/mol. The van der Waals surface area contributed by atoms with Crippen molar-refractivity contribution in [2.24, 2.45) is 11.3 Å². The Kier molecular flexibility index (Phi) is 6.73. The lowest BCUT2D eigenvalue weighted by atomic mass is 9.69. The second-order valence-electron chi connectivity index (χ2n) is 11.2. The number of carbonyl (C=O) groups excluding carboxylic acids is 3. The van der Waals surface area contributed by atoms with Gasteiger partial charge < -0.3 is 36.2 Å². The van der Waals surface area contributed by atoms with E-state index in [2.05, 4.69) is 10.6 Å². The van der Waals surface area contributed by atoms with Crippen LogP contribution in [0, 0.1) is 11.3 Å². The molecule has 0 bridgehead atoms. The van der Waals surface area contributed by atoms with E-state index >= 15 is 0 Å². The molecule has 1 spiro atoms. The van der Waals surface area contributed by atoms with Crippen molar-refractivity contribution < 1.29 is 39.9 Å². The van der Waals surface area contributed by atoms with E-state index in [1.807, 2.05) is 0 Å². The molecule has 3 aliphatic rings. The van der Waals surface area contributed by atoms with Gasteiger partial charge in [0.05, 0.1) is 11.3 Å². The third-order valence-electron chi connectivity index (χ3n) is 8.77. The molecule has 43 heavy (non-hydrogen) atoms. The van der Waals surface area contributed by atoms with E-state index in [9.17, 15) is 39.9 Å². The van der Waals surface area contributed by atoms with Crippen molar-refractivity contribution in [2.45, 2.75) is 24.4 Å². The highest BCUT2D eigenvalue weighted by atomic mass is 16.3. The van der Waals surface area contributed by atoms with Gasteiger partial charge in [-0.3, -0.25) is 14.4 Å². The van der Waals surface area contributed by atoms with Gasteiger partial charge >= 0.3 is 0 Å². The van der Waals surface area contributed by atoms with Crippen LogP contribution in [0.1, 0.15) is 28.2 Å². The predicted molar refractivity (Wildman–Crippen MR) is 154 cm³/mol. The van der Waals surface area contributed by atoms with Gasteiger partial charge in [0.25, 0.3) is 0 Å². The maximum atomic E-state index is 13.9. The van der Waals surface area contributed by atoms with Crippen molar-refractivity contribution in [2.75, 3.05) is 13.1 Å². The van der Waals surface area contributed by atoms with Crippen molar-refractivity contribution in [3.05, 3.63) is 107 Å². The number of aromatic hydroxyl groups is 4. The summed E-state index contributed by atoms with van der Waals surface area (Å²) >= 11 is 0. The largest absolute Gasteiger partial charge is 0.508 e. The first-order chi connectivity index (χ1) is 20.5. The Balaban J connectivity index is 1.32. The van der Waals surface area contributed by atoms with Crippen LogP contribution in [-0.4, -0.2) is 56.2 Å². The van der Waals surface area contributed by atoms with Crippen LogP contribution in [0.15, 0.2) is 84.5 Å². The van der Waals surface area contributed by atoms with Crippen LogP contribution in [-0.2, 0) is 32.8 Å². The lowest BCUT2D eigenvalue weighted by molar-refractivity contribution is -0.139. The SMILES string of the molecule is O=C(NCCc1ccc(O)cc1)C1=C[C@]23C=CC(=O)[C@@]2(O)c2cc(O)c(O)cc2[C@@H]3[C@@H]1C(=O)NCCc1ccc(O)cc1. The highest BCUT2D eigenvalue weighted by Crippen LogP contribution is 2.69. The number of amides is 2. The summed E-state index contributed by atoms with van der Waals surface area (Å²) in [4.78, 5) is 40.8. The average Bonchev–Trinajstić information content (AvgIpc) is 3.53. The smallest absolute Gasteiger partial charge is 0.247 e. The van der Waals surface area contributed by atoms with Crippen LogP contribution in [0.2, 0.25) is 0 Å². The number of phenols is 4. The molecule has 7 N–H and O–H groups in total. The first kappa shape index (κ1) is 28.0. The summed E-state index contributed by atoms with van der Waals surface area (Å²) in [5, 5.41) is 57.4. The number of rotatable bonds is 8. The zero-order valence-corrected chi connectivity index (χ0v) is 22.9. The molecule has 0 saturated carbocycles.